The maximum atomic E-state index is 13.9. The summed E-state index contributed by atoms with van der Waals surface area (Å²) in [4.78, 5) is 14.5. The van der Waals surface area contributed by atoms with Crippen LogP contribution in [0, 0.1) is 11.7 Å². The molecule has 5 heteroatoms. The smallest absolute Gasteiger partial charge is 0.224 e. The Balaban J connectivity index is 1.94. The Morgan fingerprint density at radius 2 is 2.30 bits per heavy atom. The number of nitrogens with one attached hydrogen (secondary N) is 1. The van der Waals surface area contributed by atoms with Gasteiger partial charge in [-0.05, 0) is 44.9 Å². The van der Waals surface area contributed by atoms with Crippen LogP contribution in [-0.2, 0) is 11.3 Å². The summed E-state index contributed by atoms with van der Waals surface area (Å²) < 4.78 is 13.9. The van der Waals surface area contributed by atoms with Gasteiger partial charge in [0.05, 0.1) is 5.92 Å². The molecule has 1 saturated heterocycles. The average Bonchev–Trinajstić information content (AvgIpc) is 2.51. The Hall–Kier alpha value is -1.13. The maximum Gasteiger partial charge on any atom is 0.224 e. The van der Waals surface area contributed by atoms with Gasteiger partial charge in [0.15, 0.2) is 0 Å². The zero-order valence-electron chi connectivity index (χ0n) is 13.9. The molecule has 0 aliphatic carbocycles. The van der Waals surface area contributed by atoms with Gasteiger partial charge < -0.3 is 5.32 Å². The van der Waals surface area contributed by atoms with Gasteiger partial charge in [0.25, 0.3) is 0 Å². The second-order valence-electron chi connectivity index (χ2n) is 6.47. The molecule has 2 unspecified atom stereocenters. The summed E-state index contributed by atoms with van der Waals surface area (Å²) in [5, 5.41) is 3.54. The zero-order valence-corrected chi connectivity index (χ0v) is 14.7. The van der Waals surface area contributed by atoms with Crippen LogP contribution >= 0.6 is 11.6 Å². The first kappa shape index (κ1) is 18.2. The van der Waals surface area contributed by atoms with E-state index >= 15 is 0 Å². The van der Waals surface area contributed by atoms with Crippen LogP contribution in [0.2, 0.25) is 5.02 Å². The van der Waals surface area contributed by atoms with Gasteiger partial charge >= 0.3 is 0 Å². The molecule has 0 bridgehead atoms. The fourth-order valence-corrected chi connectivity index (χ4v) is 3.41. The van der Waals surface area contributed by atoms with Crippen LogP contribution in [0.5, 0.6) is 0 Å². The summed E-state index contributed by atoms with van der Waals surface area (Å²) in [6, 6.07) is 4.97. The first-order valence-electron chi connectivity index (χ1n) is 8.46. The lowest BCUT2D eigenvalue weighted by Gasteiger charge is -2.32. The van der Waals surface area contributed by atoms with Crippen molar-refractivity contribution in [2.45, 2.75) is 52.1 Å². The molecule has 1 aliphatic heterocycles. The molecule has 0 radical (unpaired) electrons. The third kappa shape index (κ3) is 5.18. The zero-order chi connectivity index (χ0) is 16.8. The number of amides is 1. The first-order valence-corrected chi connectivity index (χ1v) is 8.84. The van der Waals surface area contributed by atoms with Gasteiger partial charge in [-0.25, -0.2) is 4.39 Å². The highest BCUT2D eigenvalue weighted by atomic mass is 35.5. The van der Waals surface area contributed by atoms with Crippen LogP contribution in [0.1, 0.15) is 45.1 Å². The van der Waals surface area contributed by atoms with Crippen LogP contribution in [0.15, 0.2) is 18.2 Å². The number of halogens is 2. The van der Waals surface area contributed by atoms with E-state index in [-0.39, 0.29) is 23.7 Å². The van der Waals surface area contributed by atoms with Gasteiger partial charge in [0.2, 0.25) is 5.91 Å². The molecular formula is C18H26ClFN2O. The Morgan fingerprint density at radius 1 is 1.52 bits per heavy atom. The van der Waals surface area contributed by atoms with Crippen LogP contribution in [-0.4, -0.2) is 29.9 Å². The molecule has 3 nitrogen and oxygen atoms in total. The molecule has 0 spiro atoms. The fraction of sp³-hybridized carbons (Fsp3) is 0.611. The van der Waals surface area contributed by atoms with Crippen LogP contribution < -0.4 is 5.32 Å². The second-order valence-corrected chi connectivity index (χ2v) is 6.88. The summed E-state index contributed by atoms with van der Waals surface area (Å²) in [7, 11) is 0. The van der Waals surface area contributed by atoms with Crippen LogP contribution in [0.3, 0.4) is 0 Å². The Bertz CT molecular complexity index is 518. The minimum Gasteiger partial charge on any atom is -0.353 e. The van der Waals surface area contributed by atoms with Crippen molar-refractivity contribution in [3.8, 4) is 0 Å². The van der Waals surface area contributed by atoms with E-state index < -0.39 is 0 Å². The Labute approximate surface area is 143 Å². The lowest BCUT2D eigenvalue weighted by molar-refractivity contribution is -0.127. The minimum absolute atomic E-state index is 0.0198. The van der Waals surface area contributed by atoms with Crippen LogP contribution in [0.25, 0.3) is 0 Å². The largest absolute Gasteiger partial charge is 0.353 e. The summed E-state index contributed by atoms with van der Waals surface area (Å²) in [6.07, 6.45) is 3.90. The van der Waals surface area contributed by atoms with Gasteiger partial charge in [-0.2, -0.15) is 0 Å². The molecule has 128 valence electrons. The average molecular weight is 341 g/mol. The van der Waals surface area contributed by atoms with E-state index in [1.54, 1.807) is 12.1 Å². The van der Waals surface area contributed by atoms with E-state index in [1.807, 2.05) is 6.92 Å². The topological polar surface area (TPSA) is 32.3 Å². The maximum absolute atomic E-state index is 13.9. The molecule has 1 amide bonds. The third-order valence-corrected chi connectivity index (χ3v) is 4.78. The van der Waals surface area contributed by atoms with Crippen molar-refractivity contribution in [3.05, 3.63) is 34.6 Å². The van der Waals surface area contributed by atoms with Crippen molar-refractivity contribution in [2.24, 2.45) is 5.92 Å². The summed E-state index contributed by atoms with van der Waals surface area (Å²) in [5.41, 5.74) is 0.523. The molecule has 0 saturated carbocycles. The van der Waals surface area contributed by atoms with E-state index in [0.29, 0.717) is 23.7 Å². The van der Waals surface area contributed by atoms with E-state index in [9.17, 15) is 9.18 Å². The molecule has 2 atom stereocenters. The number of nitrogens with zero attached hydrogens (tertiary/aromatic N) is 1. The lowest BCUT2D eigenvalue weighted by Crippen LogP contribution is -2.45. The molecule has 1 heterocycles. The van der Waals surface area contributed by atoms with Crippen LogP contribution in [0.4, 0.5) is 4.39 Å². The number of carbonyl (C=O) groups is 1. The van der Waals surface area contributed by atoms with Crippen molar-refractivity contribution in [3.63, 3.8) is 0 Å². The van der Waals surface area contributed by atoms with Gasteiger partial charge in [-0.3, -0.25) is 9.69 Å². The number of carbonyl (C=O) groups excluding carboxylic acids is 1. The van der Waals surface area contributed by atoms with Gasteiger partial charge in [-0.15, -0.1) is 0 Å². The van der Waals surface area contributed by atoms with Crippen molar-refractivity contribution in [1.82, 2.24) is 10.2 Å². The van der Waals surface area contributed by atoms with Gasteiger partial charge in [0, 0.05) is 29.7 Å². The predicted molar refractivity (Wildman–Crippen MR) is 91.9 cm³/mol. The van der Waals surface area contributed by atoms with E-state index in [2.05, 4.69) is 17.1 Å². The number of hydrogen-bond donors (Lipinski definition) is 1. The number of benzene rings is 1. The minimum atomic E-state index is -0.277. The van der Waals surface area contributed by atoms with E-state index in [4.69, 9.17) is 11.6 Å². The molecule has 1 fully saturated rings. The highest BCUT2D eigenvalue weighted by molar-refractivity contribution is 6.31. The lowest BCUT2D eigenvalue weighted by atomic mass is 9.96. The van der Waals surface area contributed by atoms with E-state index in [0.717, 1.165) is 32.2 Å². The van der Waals surface area contributed by atoms with Crippen molar-refractivity contribution < 1.29 is 9.18 Å². The number of piperidine rings is 1. The van der Waals surface area contributed by atoms with E-state index in [1.165, 1.54) is 6.07 Å². The molecule has 1 aromatic rings. The molecule has 2 rings (SSSR count). The SMILES string of the molecule is CCCC(C)NC(=O)C1CCCN(Cc2c(F)cccc2Cl)C1. The summed E-state index contributed by atoms with van der Waals surface area (Å²) >= 11 is 6.11. The predicted octanol–water partition coefficient (Wildman–Crippen LogP) is 4.00. The van der Waals surface area contributed by atoms with Crippen molar-refractivity contribution in [2.75, 3.05) is 13.1 Å². The monoisotopic (exact) mass is 340 g/mol. The highest BCUT2D eigenvalue weighted by Gasteiger charge is 2.27. The number of hydrogen-bond acceptors (Lipinski definition) is 2. The summed E-state index contributed by atoms with van der Waals surface area (Å²) in [5.74, 6) is -0.176. The molecule has 0 aromatic heterocycles. The van der Waals surface area contributed by atoms with Crippen molar-refractivity contribution >= 4 is 17.5 Å². The highest BCUT2D eigenvalue weighted by Crippen LogP contribution is 2.24. The Kier molecular flexibility index (Phi) is 6.85. The fourth-order valence-electron chi connectivity index (χ4n) is 3.19. The normalized spacial score (nSPS) is 20.3. The molecule has 1 aliphatic rings. The number of likely N-dealkylation sites (tertiary alicyclic amines) is 1. The Morgan fingerprint density at radius 3 is 3.00 bits per heavy atom. The number of rotatable bonds is 6. The molecule has 23 heavy (non-hydrogen) atoms. The molecule has 1 N–H and O–H groups in total. The van der Waals surface area contributed by atoms with Crippen molar-refractivity contribution in [1.29, 1.82) is 0 Å². The quantitative estimate of drug-likeness (QED) is 0.849. The first-order chi connectivity index (χ1) is 11.0. The molecule has 1 aromatic carbocycles. The summed E-state index contributed by atoms with van der Waals surface area (Å²) in [6.45, 7) is 6.15. The second kappa shape index (κ2) is 8.65. The standard InChI is InChI=1S/C18H26ClFN2O/c1-3-6-13(2)21-18(23)14-7-5-10-22(11-14)12-15-16(19)8-4-9-17(15)20/h4,8-9,13-14H,3,5-7,10-12H2,1-2H3,(H,21,23). The van der Waals surface area contributed by atoms with Gasteiger partial charge in [0.1, 0.15) is 5.82 Å². The molecular weight excluding hydrogens is 315 g/mol. The van der Waals surface area contributed by atoms with Gasteiger partial charge in [-0.1, -0.05) is 31.0 Å². The third-order valence-electron chi connectivity index (χ3n) is 4.43.